The Morgan fingerprint density at radius 1 is 1.04 bits per heavy atom. The van der Waals surface area contributed by atoms with E-state index in [0.29, 0.717) is 12.1 Å². The molecule has 2 aliphatic rings. The molecule has 2 aromatic carbocycles. The summed E-state index contributed by atoms with van der Waals surface area (Å²) in [6.07, 6.45) is 5.93. The van der Waals surface area contributed by atoms with E-state index in [1.165, 1.54) is 24.8 Å². The summed E-state index contributed by atoms with van der Waals surface area (Å²) in [7, 11) is 1.70. The number of carbonyl (C=O) groups excluding carboxylic acids is 1. The van der Waals surface area contributed by atoms with Crippen LogP contribution in [0.3, 0.4) is 0 Å². The van der Waals surface area contributed by atoms with Crippen molar-refractivity contribution in [3.05, 3.63) is 60.2 Å². The molecule has 0 aromatic heterocycles. The van der Waals surface area contributed by atoms with Crippen LogP contribution in [0.25, 0.3) is 0 Å². The fourth-order valence-electron chi connectivity index (χ4n) is 4.90. The molecular formula is C23H30N3O2+. The summed E-state index contributed by atoms with van der Waals surface area (Å²) in [5, 5.41) is 6.16. The molecule has 2 aromatic rings. The second kappa shape index (κ2) is 8.65. The zero-order chi connectivity index (χ0) is 19.3. The highest BCUT2D eigenvalue weighted by Crippen LogP contribution is 2.23. The number of carbonyl (C=O) groups is 1. The Bertz CT molecular complexity index is 764. The third-order valence-corrected chi connectivity index (χ3v) is 6.23. The molecule has 2 saturated heterocycles. The van der Waals surface area contributed by atoms with Gasteiger partial charge in [-0.25, -0.2) is 4.79 Å². The van der Waals surface area contributed by atoms with Crippen LogP contribution in [-0.4, -0.2) is 31.3 Å². The number of urea groups is 1. The third-order valence-electron chi connectivity index (χ3n) is 6.23. The largest absolute Gasteiger partial charge is 0.497 e. The minimum atomic E-state index is -0.0899. The van der Waals surface area contributed by atoms with Gasteiger partial charge >= 0.3 is 6.03 Å². The Morgan fingerprint density at radius 2 is 1.71 bits per heavy atom. The lowest BCUT2D eigenvalue weighted by Crippen LogP contribution is -3.20. The van der Waals surface area contributed by atoms with Crippen LogP contribution in [0.4, 0.5) is 10.5 Å². The lowest BCUT2D eigenvalue weighted by molar-refractivity contribution is -0.973. The molecule has 0 aliphatic carbocycles. The smallest absolute Gasteiger partial charge is 0.319 e. The molecule has 2 unspecified atom stereocenters. The molecule has 0 saturated carbocycles. The normalized spacial score (nSPS) is 26.3. The molecule has 4 atom stereocenters. The first-order valence-electron chi connectivity index (χ1n) is 10.3. The number of rotatable bonds is 5. The lowest BCUT2D eigenvalue weighted by Gasteiger charge is -2.46. The number of fused-ring (bicyclic) bond motifs is 2. The monoisotopic (exact) mass is 380 g/mol. The summed E-state index contributed by atoms with van der Waals surface area (Å²) in [6, 6.07) is 19.5. The molecule has 5 heteroatoms. The predicted molar refractivity (Wildman–Crippen MR) is 111 cm³/mol. The van der Waals surface area contributed by atoms with Gasteiger partial charge in [0, 0.05) is 30.1 Å². The van der Waals surface area contributed by atoms with E-state index in [-0.39, 0.29) is 12.1 Å². The fraction of sp³-hybridized carbons (Fsp3) is 0.435. The van der Waals surface area contributed by atoms with Gasteiger partial charge in [-0.15, -0.1) is 0 Å². The number of piperidine rings is 2. The summed E-state index contributed by atoms with van der Waals surface area (Å²) < 4.78 is 5.27. The molecular weight excluding hydrogens is 350 g/mol. The molecule has 2 fully saturated rings. The van der Waals surface area contributed by atoms with Crippen LogP contribution in [0.2, 0.25) is 0 Å². The standard InChI is InChI=1S/C23H29N3O2/c1-28-22-12-10-17(11-13-22)16-26-20-8-5-9-21(26)15-19(14-20)25-23(27)24-18-6-3-2-4-7-18/h2-4,6-7,10-13,19-21H,5,8-9,14-16H2,1H3,(H2,24,25,27)/p+1/t19?,20-,21+. The third kappa shape index (κ3) is 4.47. The van der Waals surface area contributed by atoms with Gasteiger partial charge < -0.3 is 20.3 Å². The molecule has 5 nitrogen and oxygen atoms in total. The molecule has 3 N–H and O–H groups in total. The number of methoxy groups -OCH3 is 1. The van der Waals surface area contributed by atoms with Crippen molar-refractivity contribution in [3.63, 3.8) is 0 Å². The van der Waals surface area contributed by atoms with Crippen molar-refractivity contribution in [1.29, 1.82) is 0 Å². The van der Waals surface area contributed by atoms with Crippen LogP contribution in [0.1, 0.15) is 37.7 Å². The predicted octanol–water partition coefficient (Wildman–Crippen LogP) is 2.99. The van der Waals surface area contributed by atoms with Gasteiger partial charge in [0.2, 0.25) is 0 Å². The Morgan fingerprint density at radius 3 is 2.36 bits per heavy atom. The van der Waals surface area contributed by atoms with Crippen LogP contribution < -0.4 is 20.3 Å². The summed E-state index contributed by atoms with van der Waals surface area (Å²) in [5.41, 5.74) is 2.20. The van der Waals surface area contributed by atoms with Crippen molar-refractivity contribution < 1.29 is 14.4 Å². The highest BCUT2D eigenvalue weighted by atomic mass is 16.5. The molecule has 2 aliphatic heterocycles. The summed E-state index contributed by atoms with van der Waals surface area (Å²) in [4.78, 5) is 14.1. The number of nitrogens with one attached hydrogen (secondary N) is 3. The van der Waals surface area contributed by atoms with Crippen molar-refractivity contribution in [3.8, 4) is 5.75 Å². The van der Waals surface area contributed by atoms with Crippen LogP contribution in [-0.2, 0) is 6.54 Å². The number of hydrogen-bond donors (Lipinski definition) is 3. The number of ether oxygens (including phenoxy) is 1. The summed E-state index contributed by atoms with van der Waals surface area (Å²) in [6.45, 7) is 1.06. The topological polar surface area (TPSA) is 54.8 Å². The van der Waals surface area contributed by atoms with E-state index in [9.17, 15) is 4.79 Å². The number of benzene rings is 2. The van der Waals surface area contributed by atoms with E-state index in [0.717, 1.165) is 30.8 Å². The molecule has 148 valence electrons. The first kappa shape index (κ1) is 18.8. The molecule has 28 heavy (non-hydrogen) atoms. The van der Waals surface area contributed by atoms with Gasteiger partial charge in [-0.2, -0.15) is 0 Å². The van der Waals surface area contributed by atoms with E-state index in [1.54, 1.807) is 12.0 Å². The van der Waals surface area contributed by atoms with Crippen LogP contribution >= 0.6 is 0 Å². The van der Waals surface area contributed by atoms with Gasteiger partial charge in [-0.05, 0) is 55.7 Å². The minimum absolute atomic E-state index is 0.0899. The number of amides is 2. The van der Waals surface area contributed by atoms with E-state index >= 15 is 0 Å². The molecule has 2 amide bonds. The Kier molecular flexibility index (Phi) is 5.81. The van der Waals surface area contributed by atoms with E-state index in [1.807, 2.05) is 42.5 Å². The first-order valence-corrected chi connectivity index (χ1v) is 10.3. The molecule has 4 rings (SSSR count). The van der Waals surface area contributed by atoms with Crippen molar-refractivity contribution in [2.45, 2.75) is 56.8 Å². The molecule has 2 bridgehead atoms. The highest BCUT2D eigenvalue weighted by molar-refractivity contribution is 5.89. The van der Waals surface area contributed by atoms with Crippen LogP contribution in [0, 0.1) is 0 Å². The molecule has 2 heterocycles. The SMILES string of the molecule is COc1ccc(C[NH+]2[C@@H]3CCC[C@H]2CC(NC(=O)Nc2ccccc2)C3)cc1. The number of quaternary nitrogens is 1. The highest BCUT2D eigenvalue weighted by Gasteiger charge is 2.42. The Hall–Kier alpha value is -2.53. The van der Waals surface area contributed by atoms with Gasteiger partial charge in [0.1, 0.15) is 12.3 Å². The van der Waals surface area contributed by atoms with Crippen LogP contribution in [0.15, 0.2) is 54.6 Å². The zero-order valence-electron chi connectivity index (χ0n) is 16.5. The van der Waals surface area contributed by atoms with Crippen molar-refractivity contribution in [1.82, 2.24) is 5.32 Å². The number of para-hydroxylation sites is 1. The minimum Gasteiger partial charge on any atom is -0.497 e. The van der Waals surface area contributed by atoms with Gasteiger partial charge in [-0.1, -0.05) is 18.2 Å². The zero-order valence-corrected chi connectivity index (χ0v) is 16.5. The van der Waals surface area contributed by atoms with Crippen molar-refractivity contribution >= 4 is 11.7 Å². The number of hydrogen-bond acceptors (Lipinski definition) is 2. The quantitative estimate of drug-likeness (QED) is 0.747. The average molecular weight is 381 g/mol. The van der Waals surface area contributed by atoms with Gasteiger partial charge in [-0.3, -0.25) is 0 Å². The van der Waals surface area contributed by atoms with Crippen molar-refractivity contribution in [2.24, 2.45) is 0 Å². The van der Waals surface area contributed by atoms with Crippen LogP contribution in [0.5, 0.6) is 5.75 Å². The Balaban J connectivity index is 1.35. The lowest BCUT2D eigenvalue weighted by atomic mass is 9.81. The summed E-state index contributed by atoms with van der Waals surface area (Å²) >= 11 is 0. The van der Waals surface area contributed by atoms with Gasteiger partial charge in [0.25, 0.3) is 0 Å². The Labute approximate surface area is 167 Å². The van der Waals surface area contributed by atoms with E-state index in [2.05, 4.69) is 22.8 Å². The molecule has 0 radical (unpaired) electrons. The average Bonchev–Trinajstić information content (AvgIpc) is 2.70. The second-order valence-corrected chi connectivity index (χ2v) is 8.06. The second-order valence-electron chi connectivity index (χ2n) is 8.06. The van der Waals surface area contributed by atoms with Gasteiger partial charge in [0.15, 0.2) is 0 Å². The van der Waals surface area contributed by atoms with Crippen molar-refractivity contribution in [2.75, 3.05) is 12.4 Å². The first-order chi connectivity index (χ1) is 13.7. The maximum absolute atomic E-state index is 12.4. The maximum atomic E-state index is 12.4. The summed E-state index contributed by atoms with van der Waals surface area (Å²) in [5.74, 6) is 0.909. The molecule has 0 spiro atoms. The van der Waals surface area contributed by atoms with E-state index in [4.69, 9.17) is 4.74 Å². The van der Waals surface area contributed by atoms with Gasteiger partial charge in [0.05, 0.1) is 19.2 Å². The number of anilines is 1. The fourth-order valence-corrected chi connectivity index (χ4v) is 4.90. The van der Waals surface area contributed by atoms with E-state index < -0.39 is 0 Å². The maximum Gasteiger partial charge on any atom is 0.319 e.